The van der Waals surface area contributed by atoms with Crippen LogP contribution in [0.15, 0.2) is 35.4 Å². The van der Waals surface area contributed by atoms with Crippen LogP contribution in [0.2, 0.25) is 0 Å². The minimum absolute atomic E-state index is 0.151. The van der Waals surface area contributed by atoms with Crippen molar-refractivity contribution < 1.29 is 0 Å². The van der Waals surface area contributed by atoms with Gasteiger partial charge >= 0.3 is 0 Å². The van der Waals surface area contributed by atoms with Gasteiger partial charge in [0.2, 0.25) is 5.82 Å². The van der Waals surface area contributed by atoms with Gasteiger partial charge in [-0.1, -0.05) is 6.07 Å². The Bertz CT molecular complexity index is 648. The van der Waals surface area contributed by atoms with Crippen LogP contribution in [0.25, 0.3) is 5.69 Å². The molecule has 5 nitrogen and oxygen atoms in total. The van der Waals surface area contributed by atoms with Gasteiger partial charge in [0, 0.05) is 18.1 Å². The maximum atomic E-state index is 12.1. The predicted molar refractivity (Wildman–Crippen MR) is 69.7 cm³/mol. The molecule has 0 saturated carbocycles. The summed E-state index contributed by atoms with van der Waals surface area (Å²) in [5.74, 6) is 5.41. The third-order valence-electron chi connectivity index (χ3n) is 3.34. The minimum atomic E-state index is -0.238. The molecule has 0 aliphatic heterocycles. The van der Waals surface area contributed by atoms with E-state index >= 15 is 0 Å². The number of aryl methyl sites for hydroxylation is 2. The average molecular weight is 242 g/mol. The molecule has 1 heterocycles. The van der Waals surface area contributed by atoms with Crippen molar-refractivity contribution in [2.45, 2.75) is 19.3 Å². The van der Waals surface area contributed by atoms with Gasteiger partial charge in [0.15, 0.2) is 0 Å². The van der Waals surface area contributed by atoms with Gasteiger partial charge in [0.05, 0.1) is 0 Å². The first kappa shape index (κ1) is 11.0. The minimum Gasteiger partial charge on any atom is -0.304 e. The van der Waals surface area contributed by atoms with Crippen molar-refractivity contribution >= 4 is 5.82 Å². The second-order valence-corrected chi connectivity index (χ2v) is 4.40. The van der Waals surface area contributed by atoms with Crippen LogP contribution in [0.1, 0.15) is 17.5 Å². The first-order valence-corrected chi connectivity index (χ1v) is 5.96. The first-order chi connectivity index (χ1) is 8.79. The fourth-order valence-corrected chi connectivity index (χ4v) is 2.42. The van der Waals surface area contributed by atoms with Crippen LogP contribution >= 0.6 is 0 Å². The summed E-state index contributed by atoms with van der Waals surface area (Å²) in [6.07, 6.45) is 6.63. The summed E-state index contributed by atoms with van der Waals surface area (Å²) < 4.78 is 1.56. The van der Waals surface area contributed by atoms with Crippen molar-refractivity contribution in [2.24, 2.45) is 5.84 Å². The molecule has 0 atom stereocenters. The Morgan fingerprint density at radius 1 is 1.28 bits per heavy atom. The van der Waals surface area contributed by atoms with Crippen molar-refractivity contribution in [1.29, 1.82) is 0 Å². The summed E-state index contributed by atoms with van der Waals surface area (Å²) in [4.78, 5) is 15.9. The molecule has 0 amide bonds. The van der Waals surface area contributed by atoms with Crippen molar-refractivity contribution in [3.05, 3.63) is 52.1 Å². The van der Waals surface area contributed by atoms with E-state index in [0.29, 0.717) is 0 Å². The molecule has 0 bridgehead atoms. The number of nitrogens with zero attached hydrogens (tertiary/aromatic N) is 2. The van der Waals surface area contributed by atoms with Crippen molar-refractivity contribution in [3.63, 3.8) is 0 Å². The van der Waals surface area contributed by atoms with Gasteiger partial charge in [-0.15, -0.1) is 0 Å². The zero-order chi connectivity index (χ0) is 12.5. The largest absolute Gasteiger partial charge is 0.304 e. The van der Waals surface area contributed by atoms with Crippen molar-refractivity contribution in [3.8, 4) is 5.69 Å². The van der Waals surface area contributed by atoms with Gasteiger partial charge in [-0.25, -0.2) is 10.8 Å². The Morgan fingerprint density at radius 3 is 2.94 bits per heavy atom. The number of nitrogens with two attached hydrogens (primary N) is 1. The molecule has 0 saturated heterocycles. The number of hydrogen-bond acceptors (Lipinski definition) is 4. The summed E-state index contributed by atoms with van der Waals surface area (Å²) in [7, 11) is 0. The molecular weight excluding hydrogens is 228 g/mol. The molecule has 5 heteroatoms. The third-order valence-corrected chi connectivity index (χ3v) is 3.34. The number of hydrazine groups is 1. The van der Waals surface area contributed by atoms with Crippen LogP contribution in [0.3, 0.4) is 0 Å². The topological polar surface area (TPSA) is 72.9 Å². The fraction of sp³-hybridized carbons (Fsp3) is 0.231. The van der Waals surface area contributed by atoms with E-state index in [-0.39, 0.29) is 11.4 Å². The van der Waals surface area contributed by atoms with Crippen molar-refractivity contribution in [1.82, 2.24) is 9.55 Å². The first-order valence-electron chi connectivity index (χ1n) is 5.96. The van der Waals surface area contributed by atoms with Crippen LogP contribution in [0.5, 0.6) is 0 Å². The smallest absolute Gasteiger partial charge is 0.299 e. The lowest BCUT2D eigenvalue weighted by molar-refractivity contribution is 0.910. The Balaban J connectivity index is 2.13. The average Bonchev–Trinajstić information content (AvgIpc) is 2.86. The molecular formula is C13H14N4O. The highest BCUT2D eigenvalue weighted by molar-refractivity contribution is 5.44. The molecule has 0 fully saturated rings. The fourth-order valence-electron chi connectivity index (χ4n) is 2.42. The van der Waals surface area contributed by atoms with E-state index in [2.05, 4.69) is 22.5 Å². The molecule has 3 rings (SSSR count). The van der Waals surface area contributed by atoms with Gasteiger partial charge in [0.25, 0.3) is 5.56 Å². The highest BCUT2D eigenvalue weighted by Gasteiger charge is 2.12. The number of anilines is 1. The zero-order valence-corrected chi connectivity index (χ0v) is 9.89. The molecule has 2 aromatic rings. The Hall–Kier alpha value is -2.14. The van der Waals surface area contributed by atoms with E-state index < -0.39 is 0 Å². The highest BCUT2D eigenvalue weighted by Crippen LogP contribution is 2.23. The molecule has 92 valence electrons. The Labute approximate surface area is 104 Å². The molecule has 1 aliphatic carbocycles. The van der Waals surface area contributed by atoms with Crippen LogP contribution in [0.4, 0.5) is 5.82 Å². The lowest BCUT2D eigenvalue weighted by atomic mass is 10.1. The molecule has 0 radical (unpaired) electrons. The molecule has 18 heavy (non-hydrogen) atoms. The van der Waals surface area contributed by atoms with Crippen LogP contribution in [-0.2, 0) is 12.8 Å². The number of hydrogen-bond donors (Lipinski definition) is 2. The van der Waals surface area contributed by atoms with E-state index in [9.17, 15) is 4.79 Å². The van der Waals surface area contributed by atoms with Gasteiger partial charge in [0.1, 0.15) is 0 Å². The molecule has 0 spiro atoms. The van der Waals surface area contributed by atoms with Crippen LogP contribution < -0.4 is 16.8 Å². The van der Waals surface area contributed by atoms with Gasteiger partial charge in [-0.05, 0) is 42.5 Å². The summed E-state index contributed by atoms with van der Waals surface area (Å²) in [5.41, 5.74) is 5.65. The van der Waals surface area contributed by atoms with E-state index in [1.807, 2.05) is 6.07 Å². The van der Waals surface area contributed by atoms with E-state index in [1.54, 1.807) is 17.0 Å². The second-order valence-electron chi connectivity index (χ2n) is 4.40. The molecule has 1 aliphatic rings. The van der Waals surface area contributed by atoms with E-state index in [4.69, 9.17) is 5.84 Å². The SMILES string of the molecule is NNc1nccn(-c2ccc3c(c2)CCC3)c1=O. The van der Waals surface area contributed by atoms with E-state index in [0.717, 1.165) is 18.5 Å². The monoisotopic (exact) mass is 242 g/mol. The van der Waals surface area contributed by atoms with E-state index in [1.165, 1.54) is 17.5 Å². The highest BCUT2D eigenvalue weighted by atomic mass is 16.1. The quantitative estimate of drug-likeness (QED) is 0.609. The number of benzene rings is 1. The lowest BCUT2D eigenvalue weighted by Gasteiger charge is -2.09. The van der Waals surface area contributed by atoms with Gasteiger partial charge < -0.3 is 5.43 Å². The Kier molecular flexibility index (Phi) is 2.60. The number of rotatable bonds is 2. The van der Waals surface area contributed by atoms with Gasteiger partial charge in [-0.3, -0.25) is 9.36 Å². The lowest BCUT2D eigenvalue weighted by Crippen LogP contribution is -2.25. The number of aromatic nitrogens is 2. The Morgan fingerprint density at radius 2 is 2.11 bits per heavy atom. The number of nitrogens with one attached hydrogen (secondary N) is 1. The maximum absolute atomic E-state index is 12.1. The maximum Gasteiger partial charge on any atom is 0.299 e. The summed E-state index contributed by atoms with van der Waals surface area (Å²) in [6.45, 7) is 0. The second kappa shape index (κ2) is 4.27. The molecule has 0 unspecified atom stereocenters. The molecule has 1 aromatic carbocycles. The predicted octanol–water partition coefficient (Wildman–Crippen LogP) is 1.01. The summed E-state index contributed by atoms with van der Waals surface area (Å²) in [5, 5.41) is 0. The van der Waals surface area contributed by atoms with Crippen LogP contribution in [-0.4, -0.2) is 9.55 Å². The summed E-state index contributed by atoms with van der Waals surface area (Å²) >= 11 is 0. The number of nitrogen functional groups attached to an aromatic ring is 1. The van der Waals surface area contributed by atoms with Crippen molar-refractivity contribution in [2.75, 3.05) is 5.43 Å². The molecule has 3 N–H and O–H groups in total. The molecule has 1 aromatic heterocycles. The van der Waals surface area contributed by atoms with Crippen LogP contribution in [0, 0.1) is 0 Å². The normalized spacial score (nSPS) is 13.4. The number of fused-ring (bicyclic) bond motifs is 1. The van der Waals surface area contributed by atoms with Gasteiger partial charge in [-0.2, -0.15) is 0 Å². The summed E-state index contributed by atoms with van der Waals surface area (Å²) in [6, 6.07) is 6.13. The standard InChI is InChI=1S/C13H14N4O/c14-16-12-13(18)17(7-6-15-12)11-5-4-9-2-1-3-10(9)8-11/h4-8H,1-3,14H2,(H,15,16). The zero-order valence-electron chi connectivity index (χ0n) is 9.89. The third kappa shape index (κ3) is 1.69.